The quantitative estimate of drug-likeness (QED) is 0.777. The second-order valence-electron chi connectivity index (χ2n) is 3.55. The summed E-state index contributed by atoms with van der Waals surface area (Å²) in [6.45, 7) is 7.75. The zero-order valence-corrected chi connectivity index (χ0v) is 9.13. The largest absolute Gasteiger partial charge is 0.484 e. The lowest BCUT2D eigenvalue weighted by molar-refractivity contribution is 0.221. The van der Waals surface area contributed by atoms with Crippen molar-refractivity contribution in [3.63, 3.8) is 0 Å². The summed E-state index contributed by atoms with van der Waals surface area (Å²) in [5.41, 5.74) is 1.54. The fourth-order valence-corrected chi connectivity index (χ4v) is 1.46. The number of pyridine rings is 1. The van der Waals surface area contributed by atoms with E-state index in [0.29, 0.717) is 11.3 Å². The van der Waals surface area contributed by atoms with Gasteiger partial charge in [0.2, 0.25) is 0 Å². The van der Waals surface area contributed by atoms with Gasteiger partial charge in [-0.05, 0) is 30.7 Å². The average molecular weight is 211 g/mol. The van der Waals surface area contributed by atoms with Crippen LogP contribution in [-0.4, -0.2) is 4.98 Å². The van der Waals surface area contributed by atoms with E-state index in [-0.39, 0.29) is 6.10 Å². The zero-order valence-electron chi connectivity index (χ0n) is 9.13. The molecule has 0 spiro atoms. The normalized spacial score (nSPS) is 12.1. The van der Waals surface area contributed by atoms with Crippen LogP contribution in [0.2, 0.25) is 0 Å². The molecule has 0 aliphatic carbocycles. The lowest BCUT2D eigenvalue weighted by atomic mass is 10.2. The molecule has 0 saturated carbocycles. The van der Waals surface area contributed by atoms with Crippen LogP contribution in [-0.2, 0) is 0 Å². The van der Waals surface area contributed by atoms with Gasteiger partial charge in [0, 0.05) is 13.1 Å². The van der Waals surface area contributed by atoms with Gasteiger partial charge in [0.15, 0.2) is 0 Å². The molecule has 1 heterocycles. The van der Waals surface area contributed by atoms with Crippen LogP contribution in [0.3, 0.4) is 0 Å². The first-order valence-corrected chi connectivity index (χ1v) is 5.19. The Balaban J connectivity index is 2.14. The molecule has 0 aliphatic rings. The molecule has 1 aromatic carbocycles. The van der Waals surface area contributed by atoms with E-state index in [1.807, 2.05) is 49.4 Å². The van der Waals surface area contributed by atoms with Gasteiger partial charge < -0.3 is 4.74 Å². The number of aromatic nitrogens is 1. The van der Waals surface area contributed by atoms with Crippen molar-refractivity contribution < 1.29 is 4.74 Å². The van der Waals surface area contributed by atoms with Crippen LogP contribution in [0.15, 0.2) is 48.7 Å². The van der Waals surface area contributed by atoms with Crippen LogP contribution in [0, 0.1) is 6.92 Å². The van der Waals surface area contributed by atoms with E-state index in [1.54, 1.807) is 6.20 Å². The molecular formula is C14H13NO. The van der Waals surface area contributed by atoms with Gasteiger partial charge in [-0.25, -0.2) is 0 Å². The van der Waals surface area contributed by atoms with Gasteiger partial charge in [-0.15, -0.1) is 0 Å². The summed E-state index contributed by atoms with van der Waals surface area (Å²) in [6, 6.07) is 13.2. The summed E-state index contributed by atoms with van der Waals surface area (Å²) in [5, 5.41) is 0. The summed E-state index contributed by atoms with van der Waals surface area (Å²) in [7, 11) is 0. The number of nitrogens with zero attached hydrogens (tertiary/aromatic N) is 1. The maximum absolute atomic E-state index is 5.80. The third-order valence-electron chi connectivity index (χ3n) is 2.33. The first kappa shape index (κ1) is 10.7. The Labute approximate surface area is 95.9 Å². The SMILES string of the molecule is [CH]c1ccccc1OC(C)c1ccccn1. The zero-order chi connectivity index (χ0) is 11.4. The van der Waals surface area contributed by atoms with Crippen molar-refractivity contribution in [3.05, 3.63) is 66.8 Å². The highest BCUT2D eigenvalue weighted by Crippen LogP contribution is 2.23. The molecule has 2 nitrogen and oxygen atoms in total. The van der Waals surface area contributed by atoms with Crippen LogP contribution in [0.25, 0.3) is 0 Å². The maximum Gasteiger partial charge on any atom is 0.138 e. The molecule has 0 amide bonds. The van der Waals surface area contributed by atoms with Gasteiger partial charge >= 0.3 is 0 Å². The highest BCUT2D eigenvalue weighted by Gasteiger charge is 2.08. The Bertz CT molecular complexity index is 453. The lowest BCUT2D eigenvalue weighted by Gasteiger charge is -2.15. The molecule has 2 rings (SSSR count). The van der Waals surface area contributed by atoms with E-state index in [2.05, 4.69) is 4.98 Å². The van der Waals surface area contributed by atoms with Crippen molar-refractivity contribution in [1.82, 2.24) is 4.98 Å². The van der Waals surface area contributed by atoms with Crippen LogP contribution < -0.4 is 4.74 Å². The number of hydrogen-bond donors (Lipinski definition) is 0. The molecule has 1 aromatic heterocycles. The van der Waals surface area contributed by atoms with E-state index in [4.69, 9.17) is 11.7 Å². The molecular weight excluding hydrogens is 198 g/mol. The van der Waals surface area contributed by atoms with Crippen LogP contribution in [0.1, 0.15) is 24.3 Å². The van der Waals surface area contributed by atoms with Gasteiger partial charge in [0.25, 0.3) is 0 Å². The van der Waals surface area contributed by atoms with E-state index in [0.717, 1.165) is 5.69 Å². The molecule has 0 N–H and O–H groups in total. The molecule has 2 heteroatoms. The molecule has 80 valence electrons. The fourth-order valence-electron chi connectivity index (χ4n) is 1.46. The van der Waals surface area contributed by atoms with E-state index in [1.165, 1.54) is 0 Å². The first-order valence-electron chi connectivity index (χ1n) is 5.19. The Hall–Kier alpha value is -1.83. The molecule has 0 saturated heterocycles. The maximum atomic E-state index is 5.80. The van der Waals surface area contributed by atoms with Gasteiger partial charge in [-0.3, -0.25) is 4.98 Å². The second-order valence-corrected chi connectivity index (χ2v) is 3.55. The third-order valence-corrected chi connectivity index (χ3v) is 2.33. The van der Waals surface area contributed by atoms with Gasteiger partial charge in [0.05, 0.1) is 5.69 Å². The fraction of sp³-hybridized carbons (Fsp3) is 0.143. The first-order chi connectivity index (χ1) is 7.77. The van der Waals surface area contributed by atoms with E-state index in [9.17, 15) is 0 Å². The summed E-state index contributed by atoms with van der Waals surface area (Å²) in [5.74, 6) is 0.695. The van der Waals surface area contributed by atoms with Crippen LogP contribution >= 0.6 is 0 Å². The highest BCUT2D eigenvalue weighted by atomic mass is 16.5. The molecule has 16 heavy (non-hydrogen) atoms. The molecule has 2 aromatic rings. The van der Waals surface area contributed by atoms with Crippen molar-refractivity contribution in [1.29, 1.82) is 0 Å². The van der Waals surface area contributed by atoms with Crippen molar-refractivity contribution in [3.8, 4) is 5.75 Å². The average Bonchev–Trinajstić information content (AvgIpc) is 2.33. The Morgan fingerprint density at radius 3 is 2.56 bits per heavy atom. The monoisotopic (exact) mass is 211 g/mol. The summed E-state index contributed by atoms with van der Waals surface area (Å²) < 4.78 is 5.74. The topological polar surface area (TPSA) is 22.1 Å². The van der Waals surface area contributed by atoms with Crippen molar-refractivity contribution in [2.24, 2.45) is 0 Å². The molecule has 0 aliphatic heterocycles. The highest BCUT2D eigenvalue weighted by molar-refractivity contribution is 5.35. The predicted molar refractivity (Wildman–Crippen MR) is 63.1 cm³/mol. The van der Waals surface area contributed by atoms with Crippen molar-refractivity contribution >= 4 is 0 Å². The Morgan fingerprint density at radius 1 is 1.12 bits per heavy atom. The van der Waals surface area contributed by atoms with Crippen LogP contribution in [0.4, 0.5) is 0 Å². The smallest absolute Gasteiger partial charge is 0.138 e. The number of benzene rings is 1. The minimum atomic E-state index is -0.106. The number of para-hydroxylation sites is 1. The summed E-state index contributed by atoms with van der Waals surface area (Å²) >= 11 is 0. The second kappa shape index (κ2) is 4.79. The van der Waals surface area contributed by atoms with Gasteiger partial charge in [0.1, 0.15) is 11.9 Å². The lowest BCUT2D eigenvalue weighted by Crippen LogP contribution is -2.05. The third kappa shape index (κ3) is 2.40. The molecule has 2 radical (unpaired) electrons. The summed E-state index contributed by atoms with van der Waals surface area (Å²) in [6.07, 6.45) is 1.65. The van der Waals surface area contributed by atoms with E-state index >= 15 is 0 Å². The Morgan fingerprint density at radius 2 is 1.88 bits per heavy atom. The van der Waals surface area contributed by atoms with Crippen LogP contribution in [0.5, 0.6) is 5.75 Å². The van der Waals surface area contributed by atoms with E-state index < -0.39 is 0 Å². The Kier molecular flexibility index (Phi) is 3.20. The molecule has 1 atom stereocenters. The number of rotatable bonds is 3. The molecule has 0 bridgehead atoms. The number of hydrogen-bond acceptors (Lipinski definition) is 2. The van der Waals surface area contributed by atoms with Crippen molar-refractivity contribution in [2.75, 3.05) is 0 Å². The van der Waals surface area contributed by atoms with Gasteiger partial charge in [-0.2, -0.15) is 0 Å². The predicted octanol–water partition coefficient (Wildman–Crippen LogP) is 3.28. The standard InChI is InChI=1S/C14H13NO/c1-11-7-3-4-9-14(11)16-12(2)13-8-5-6-10-15-13/h1,3-10,12H,2H3. The minimum Gasteiger partial charge on any atom is -0.484 e. The minimum absolute atomic E-state index is 0.106. The number of ether oxygens (including phenoxy) is 1. The summed E-state index contributed by atoms with van der Waals surface area (Å²) in [4.78, 5) is 4.24. The molecule has 1 unspecified atom stereocenters. The van der Waals surface area contributed by atoms with Gasteiger partial charge in [-0.1, -0.05) is 24.3 Å². The molecule has 0 fully saturated rings. The van der Waals surface area contributed by atoms with Crippen molar-refractivity contribution in [2.45, 2.75) is 13.0 Å².